The molecule has 3 nitrogen and oxygen atoms in total. The van der Waals surface area contributed by atoms with Gasteiger partial charge in [0.1, 0.15) is 0 Å². The Labute approximate surface area is 117 Å². The van der Waals surface area contributed by atoms with Gasteiger partial charge in [0.15, 0.2) is 5.13 Å². The fourth-order valence-electron chi connectivity index (χ4n) is 2.39. The van der Waals surface area contributed by atoms with Crippen molar-refractivity contribution >= 4 is 16.5 Å². The minimum atomic E-state index is 0.804. The molecule has 1 aliphatic rings. The fourth-order valence-corrected chi connectivity index (χ4v) is 3.27. The van der Waals surface area contributed by atoms with E-state index < -0.39 is 0 Å². The van der Waals surface area contributed by atoms with Crippen LogP contribution in [0.4, 0.5) is 5.13 Å². The van der Waals surface area contributed by atoms with Crippen molar-refractivity contribution in [2.75, 3.05) is 31.2 Å². The third-order valence-corrected chi connectivity index (χ3v) is 4.33. The number of ether oxygens (including phenoxy) is 1. The summed E-state index contributed by atoms with van der Waals surface area (Å²) in [5.74, 6) is 0. The van der Waals surface area contributed by atoms with E-state index in [1.54, 1.807) is 11.3 Å². The lowest BCUT2D eigenvalue weighted by atomic mass is 10.0. The van der Waals surface area contributed by atoms with Crippen LogP contribution >= 0.6 is 11.3 Å². The van der Waals surface area contributed by atoms with Crippen LogP contribution in [0.1, 0.15) is 11.1 Å². The Morgan fingerprint density at radius 1 is 1.21 bits per heavy atom. The molecule has 0 aliphatic carbocycles. The summed E-state index contributed by atoms with van der Waals surface area (Å²) >= 11 is 1.72. The highest BCUT2D eigenvalue weighted by molar-refractivity contribution is 7.14. The fraction of sp³-hybridized carbons (Fsp3) is 0.400. The number of anilines is 1. The lowest BCUT2D eigenvalue weighted by molar-refractivity contribution is 0.122. The number of aromatic nitrogens is 1. The van der Waals surface area contributed by atoms with Gasteiger partial charge < -0.3 is 9.64 Å². The molecule has 0 atom stereocenters. The predicted molar refractivity (Wildman–Crippen MR) is 80.1 cm³/mol. The molecule has 0 saturated carbocycles. The highest BCUT2D eigenvalue weighted by Crippen LogP contribution is 2.30. The topological polar surface area (TPSA) is 25.4 Å². The maximum Gasteiger partial charge on any atom is 0.186 e. The predicted octanol–water partition coefficient (Wildman–Crippen LogP) is 3.26. The van der Waals surface area contributed by atoms with Crippen molar-refractivity contribution in [2.45, 2.75) is 13.8 Å². The van der Waals surface area contributed by atoms with E-state index in [0.717, 1.165) is 37.1 Å². The standard InChI is InChI=1S/C15H18N2OS/c1-11-3-4-13(12(2)9-11)14-10-19-15(16-14)17-5-7-18-8-6-17/h3-4,9-10H,5-8H2,1-2H3. The molecule has 100 valence electrons. The number of benzene rings is 1. The van der Waals surface area contributed by atoms with Crippen LogP contribution in [0.15, 0.2) is 23.6 Å². The molecule has 0 amide bonds. The van der Waals surface area contributed by atoms with Crippen molar-refractivity contribution < 1.29 is 4.74 Å². The number of morpholine rings is 1. The summed E-state index contributed by atoms with van der Waals surface area (Å²) in [5, 5.41) is 3.26. The Bertz CT molecular complexity index is 573. The van der Waals surface area contributed by atoms with Crippen LogP contribution in [0.3, 0.4) is 0 Å². The number of aryl methyl sites for hydroxylation is 2. The third kappa shape index (κ3) is 2.65. The zero-order chi connectivity index (χ0) is 13.2. The largest absolute Gasteiger partial charge is 0.378 e. The summed E-state index contributed by atoms with van der Waals surface area (Å²) in [6.07, 6.45) is 0. The van der Waals surface area contributed by atoms with Gasteiger partial charge in [-0.3, -0.25) is 0 Å². The van der Waals surface area contributed by atoms with Crippen molar-refractivity contribution in [1.29, 1.82) is 0 Å². The molecule has 0 radical (unpaired) electrons. The first-order valence-electron chi connectivity index (χ1n) is 6.60. The Morgan fingerprint density at radius 2 is 2.00 bits per heavy atom. The van der Waals surface area contributed by atoms with Crippen LogP contribution in [-0.4, -0.2) is 31.3 Å². The molecule has 0 spiro atoms. The zero-order valence-corrected chi connectivity index (χ0v) is 12.2. The maximum absolute atomic E-state index is 5.38. The monoisotopic (exact) mass is 274 g/mol. The maximum atomic E-state index is 5.38. The molecule has 1 saturated heterocycles. The Balaban J connectivity index is 1.87. The minimum Gasteiger partial charge on any atom is -0.378 e. The molecule has 4 heteroatoms. The molecule has 1 aromatic heterocycles. The third-order valence-electron chi connectivity index (χ3n) is 3.43. The Hall–Kier alpha value is -1.39. The summed E-state index contributed by atoms with van der Waals surface area (Å²) in [5.41, 5.74) is 4.91. The molecule has 0 unspecified atom stereocenters. The van der Waals surface area contributed by atoms with E-state index in [1.807, 2.05) is 0 Å². The molecule has 2 heterocycles. The molecule has 19 heavy (non-hydrogen) atoms. The molecule has 1 aliphatic heterocycles. The normalized spacial score (nSPS) is 15.8. The zero-order valence-electron chi connectivity index (χ0n) is 11.3. The smallest absolute Gasteiger partial charge is 0.186 e. The first kappa shape index (κ1) is 12.6. The molecule has 0 bridgehead atoms. The van der Waals surface area contributed by atoms with Crippen LogP contribution < -0.4 is 4.90 Å². The summed E-state index contributed by atoms with van der Waals surface area (Å²) < 4.78 is 5.38. The number of thiazole rings is 1. The minimum absolute atomic E-state index is 0.804. The van der Waals surface area contributed by atoms with Crippen molar-refractivity contribution in [3.63, 3.8) is 0 Å². The molecule has 2 aromatic rings. The molecular weight excluding hydrogens is 256 g/mol. The number of hydrogen-bond acceptors (Lipinski definition) is 4. The average Bonchev–Trinajstić information content (AvgIpc) is 2.89. The van der Waals surface area contributed by atoms with E-state index in [4.69, 9.17) is 9.72 Å². The highest BCUT2D eigenvalue weighted by Gasteiger charge is 2.15. The van der Waals surface area contributed by atoms with Gasteiger partial charge >= 0.3 is 0 Å². The van der Waals surface area contributed by atoms with E-state index in [0.29, 0.717) is 0 Å². The van der Waals surface area contributed by atoms with Crippen molar-refractivity contribution in [3.8, 4) is 11.3 Å². The van der Waals surface area contributed by atoms with Gasteiger partial charge in [0.25, 0.3) is 0 Å². The molecule has 1 fully saturated rings. The second kappa shape index (κ2) is 5.31. The summed E-state index contributed by atoms with van der Waals surface area (Å²) in [4.78, 5) is 7.09. The number of hydrogen-bond donors (Lipinski definition) is 0. The van der Waals surface area contributed by atoms with Crippen molar-refractivity contribution in [1.82, 2.24) is 4.98 Å². The van der Waals surface area contributed by atoms with Crippen molar-refractivity contribution in [3.05, 3.63) is 34.7 Å². The van der Waals surface area contributed by atoms with E-state index >= 15 is 0 Å². The second-order valence-corrected chi connectivity index (χ2v) is 5.77. The van der Waals surface area contributed by atoms with E-state index in [9.17, 15) is 0 Å². The van der Waals surface area contributed by atoms with Gasteiger partial charge in [-0.1, -0.05) is 23.8 Å². The SMILES string of the molecule is Cc1ccc(-c2csc(N3CCOCC3)n2)c(C)c1. The summed E-state index contributed by atoms with van der Waals surface area (Å²) in [6, 6.07) is 6.53. The number of nitrogens with zero attached hydrogens (tertiary/aromatic N) is 2. The second-order valence-electron chi connectivity index (χ2n) is 4.93. The molecule has 1 aromatic carbocycles. The van der Waals surface area contributed by atoms with Gasteiger partial charge in [0.05, 0.1) is 18.9 Å². The van der Waals surface area contributed by atoms with Gasteiger partial charge in [-0.05, 0) is 19.4 Å². The van der Waals surface area contributed by atoms with E-state index in [1.165, 1.54) is 16.7 Å². The van der Waals surface area contributed by atoms with Gasteiger partial charge in [0.2, 0.25) is 0 Å². The highest BCUT2D eigenvalue weighted by atomic mass is 32.1. The lowest BCUT2D eigenvalue weighted by Gasteiger charge is -2.26. The average molecular weight is 274 g/mol. The van der Waals surface area contributed by atoms with Crippen LogP contribution in [0.25, 0.3) is 11.3 Å². The number of rotatable bonds is 2. The summed E-state index contributed by atoms with van der Waals surface area (Å²) in [7, 11) is 0. The van der Waals surface area contributed by atoms with Crippen LogP contribution in [0, 0.1) is 13.8 Å². The first-order valence-corrected chi connectivity index (χ1v) is 7.48. The van der Waals surface area contributed by atoms with Gasteiger partial charge in [-0.2, -0.15) is 0 Å². The van der Waals surface area contributed by atoms with Crippen molar-refractivity contribution in [2.24, 2.45) is 0 Å². The van der Waals surface area contributed by atoms with E-state index in [-0.39, 0.29) is 0 Å². The van der Waals surface area contributed by atoms with Crippen LogP contribution in [-0.2, 0) is 4.74 Å². The quantitative estimate of drug-likeness (QED) is 0.840. The molecular formula is C15H18N2OS. The van der Waals surface area contributed by atoms with Gasteiger partial charge in [0, 0.05) is 24.0 Å². The Kier molecular flexibility index (Phi) is 3.53. The summed E-state index contributed by atoms with van der Waals surface area (Å²) in [6.45, 7) is 7.77. The lowest BCUT2D eigenvalue weighted by Crippen LogP contribution is -2.36. The van der Waals surface area contributed by atoms with Gasteiger partial charge in [-0.25, -0.2) is 4.98 Å². The van der Waals surface area contributed by atoms with Gasteiger partial charge in [-0.15, -0.1) is 11.3 Å². The van der Waals surface area contributed by atoms with E-state index in [2.05, 4.69) is 42.3 Å². The van der Waals surface area contributed by atoms with Crippen LogP contribution in [0.2, 0.25) is 0 Å². The molecule has 3 rings (SSSR count). The van der Waals surface area contributed by atoms with Crippen LogP contribution in [0.5, 0.6) is 0 Å². The molecule has 0 N–H and O–H groups in total. The first-order chi connectivity index (χ1) is 9.24. The Morgan fingerprint density at radius 3 is 2.74 bits per heavy atom.